The molecule has 2 N–H and O–H groups in total. The third-order valence-electron chi connectivity index (χ3n) is 4.28. The zero-order chi connectivity index (χ0) is 19.4. The molecule has 0 aliphatic carbocycles. The summed E-state index contributed by atoms with van der Waals surface area (Å²) < 4.78 is 0. The lowest BCUT2D eigenvalue weighted by molar-refractivity contribution is -0.139. The van der Waals surface area contributed by atoms with Crippen LogP contribution in [0.4, 0.5) is 0 Å². The third-order valence-corrected chi connectivity index (χ3v) is 4.28. The predicted octanol–water partition coefficient (Wildman–Crippen LogP) is 2.56. The van der Waals surface area contributed by atoms with Crippen molar-refractivity contribution in [3.8, 4) is 0 Å². The van der Waals surface area contributed by atoms with Crippen molar-refractivity contribution in [3.05, 3.63) is 70.3 Å². The number of nitrogens with zero attached hydrogens (tertiary/aromatic N) is 1. The maximum atomic E-state index is 12.5. The molecule has 0 aliphatic heterocycles. The van der Waals surface area contributed by atoms with E-state index in [1.807, 2.05) is 19.9 Å². The molecule has 0 spiro atoms. The number of carbonyl (C=O) groups excluding carboxylic acids is 2. The lowest BCUT2D eigenvalue weighted by Gasteiger charge is -2.18. The topological polar surface area (TPSA) is 86.7 Å². The molecule has 0 heterocycles. The zero-order valence-corrected chi connectivity index (χ0v) is 15.2. The van der Waals surface area contributed by atoms with E-state index < -0.39 is 17.9 Å². The summed E-state index contributed by atoms with van der Waals surface area (Å²) >= 11 is 0. The van der Waals surface area contributed by atoms with Crippen LogP contribution < -0.4 is 5.32 Å². The van der Waals surface area contributed by atoms with Crippen LogP contribution in [0.15, 0.2) is 42.5 Å². The highest BCUT2D eigenvalue weighted by Crippen LogP contribution is 2.21. The first-order valence-electron chi connectivity index (χ1n) is 8.14. The van der Waals surface area contributed by atoms with Crippen molar-refractivity contribution in [3.63, 3.8) is 0 Å². The number of carbonyl (C=O) groups is 3. The molecule has 1 unspecified atom stereocenters. The first-order chi connectivity index (χ1) is 12.2. The largest absolute Gasteiger partial charge is 0.479 e. The Morgan fingerprint density at radius 3 is 2.08 bits per heavy atom. The lowest BCUT2D eigenvalue weighted by atomic mass is 9.97. The molecule has 1 atom stereocenters. The van der Waals surface area contributed by atoms with Crippen molar-refractivity contribution >= 4 is 17.8 Å². The van der Waals surface area contributed by atoms with Crippen LogP contribution in [-0.4, -0.2) is 41.9 Å². The van der Waals surface area contributed by atoms with Crippen molar-refractivity contribution in [2.45, 2.75) is 19.9 Å². The van der Waals surface area contributed by atoms with E-state index in [0.29, 0.717) is 11.1 Å². The molecule has 2 aromatic carbocycles. The number of benzene rings is 2. The highest BCUT2D eigenvalue weighted by atomic mass is 16.4. The molecule has 2 amide bonds. The summed E-state index contributed by atoms with van der Waals surface area (Å²) in [6.45, 7) is 3.72. The fourth-order valence-corrected chi connectivity index (χ4v) is 2.60. The molecule has 2 rings (SSSR count). The van der Waals surface area contributed by atoms with Gasteiger partial charge in [0.1, 0.15) is 0 Å². The SMILES string of the molecule is Cc1cccc(C(NC(=O)c2ccc(C(=O)N(C)C)cc2)C(=O)O)c1C. The number of aliphatic carboxylic acids is 1. The van der Waals surface area contributed by atoms with Crippen LogP contribution in [0.2, 0.25) is 0 Å². The smallest absolute Gasteiger partial charge is 0.330 e. The Kier molecular flexibility index (Phi) is 5.77. The molecule has 0 radical (unpaired) electrons. The molecule has 0 bridgehead atoms. The van der Waals surface area contributed by atoms with E-state index in [4.69, 9.17) is 0 Å². The van der Waals surface area contributed by atoms with Crippen LogP contribution in [-0.2, 0) is 4.79 Å². The van der Waals surface area contributed by atoms with Gasteiger partial charge in [0.15, 0.2) is 6.04 Å². The van der Waals surface area contributed by atoms with Crippen molar-refractivity contribution in [2.75, 3.05) is 14.1 Å². The van der Waals surface area contributed by atoms with Crippen LogP contribution in [0.25, 0.3) is 0 Å². The number of carboxylic acids is 1. The Morgan fingerprint density at radius 2 is 1.54 bits per heavy atom. The fourth-order valence-electron chi connectivity index (χ4n) is 2.60. The summed E-state index contributed by atoms with van der Waals surface area (Å²) in [6.07, 6.45) is 0. The highest BCUT2D eigenvalue weighted by molar-refractivity contribution is 5.99. The van der Waals surface area contributed by atoms with Gasteiger partial charge >= 0.3 is 5.97 Å². The maximum absolute atomic E-state index is 12.5. The minimum Gasteiger partial charge on any atom is -0.479 e. The molecule has 6 heteroatoms. The minimum atomic E-state index is -1.15. The van der Waals surface area contributed by atoms with Crippen LogP contribution in [0, 0.1) is 13.8 Å². The van der Waals surface area contributed by atoms with E-state index in [1.54, 1.807) is 38.4 Å². The highest BCUT2D eigenvalue weighted by Gasteiger charge is 2.24. The third kappa shape index (κ3) is 4.08. The summed E-state index contributed by atoms with van der Waals surface area (Å²) in [5, 5.41) is 12.1. The second-order valence-electron chi connectivity index (χ2n) is 6.31. The fraction of sp³-hybridized carbons (Fsp3) is 0.250. The molecule has 6 nitrogen and oxygen atoms in total. The number of aryl methyl sites for hydroxylation is 1. The van der Waals surface area contributed by atoms with Crippen LogP contribution in [0.5, 0.6) is 0 Å². The Morgan fingerprint density at radius 1 is 0.962 bits per heavy atom. The molecule has 0 aromatic heterocycles. The standard InChI is InChI=1S/C20H22N2O4/c1-12-6-5-7-16(13(12)2)17(20(25)26)21-18(23)14-8-10-15(11-9-14)19(24)22(3)4/h5-11,17H,1-4H3,(H,21,23)(H,25,26). The number of nitrogens with one attached hydrogen (secondary N) is 1. The number of hydrogen-bond donors (Lipinski definition) is 2. The van der Waals surface area contributed by atoms with Gasteiger partial charge in [-0.3, -0.25) is 9.59 Å². The van der Waals surface area contributed by atoms with Crippen LogP contribution in [0.3, 0.4) is 0 Å². The molecule has 0 aliphatic rings. The van der Waals surface area contributed by atoms with Gasteiger partial charge in [0.2, 0.25) is 0 Å². The maximum Gasteiger partial charge on any atom is 0.330 e. The first kappa shape index (κ1) is 19.2. The summed E-state index contributed by atoms with van der Waals surface area (Å²) in [6, 6.07) is 10.3. The average molecular weight is 354 g/mol. The van der Waals surface area contributed by atoms with Gasteiger partial charge in [-0.15, -0.1) is 0 Å². The van der Waals surface area contributed by atoms with E-state index in [0.717, 1.165) is 11.1 Å². The average Bonchev–Trinajstić information content (AvgIpc) is 2.61. The first-order valence-corrected chi connectivity index (χ1v) is 8.14. The monoisotopic (exact) mass is 354 g/mol. The van der Waals surface area contributed by atoms with Gasteiger partial charge in [-0.25, -0.2) is 4.79 Å². The Bertz CT molecular complexity index is 841. The van der Waals surface area contributed by atoms with E-state index in [-0.39, 0.29) is 11.5 Å². The van der Waals surface area contributed by atoms with E-state index in [9.17, 15) is 19.5 Å². The summed E-state index contributed by atoms with van der Waals surface area (Å²) in [4.78, 5) is 37.5. The second kappa shape index (κ2) is 7.82. The van der Waals surface area contributed by atoms with Crippen molar-refractivity contribution < 1.29 is 19.5 Å². The van der Waals surface area contributed by atoms with Crippen molar-refractivity contribution in [2.24, 2.45) is 0 Å². The van der Waals surface area contributed by atoms with Gasteiger partial charge in [0, 0.05) is 25.2 Å². The summed E-state index contributed by atoms with van der Waals surface area (Å²) in [5.74, 6) is -1.82. The normalized spacial score (nSPS) is 11.5. The van der Waals surface area contributed by atoms with E-state index in [2.05, 4.69) is 5.32 Å². The van der Waals surface area contributed by atoms with Crippen molar-refractivity contribution in [1.82, 2.24) is 10.2 Å². The quantitative estimate of drug-likeness (QED) is 0.864. The van der Waals surface area contributed by atoms with Gasteiger partial charge in [-0.05, 0) is 54.8 Å². The molecule has 2 aromatic rings. The van der Waals surface area contributed by atoms with Crippen LogP contribution >= 0.6 is 0 Å². The second-order valence-corrected chi connectivity index (χ2v) is 6.31. The molecule has 0 saturated carbocycles. The molecular weight excluding hydrogens is 332 g/mol. The summed E-state index contributed by atoms with van der Waals surface area (Å²) in [5.41, 5.74) is 3.07. The number of carboxylic acid groups (broad SMARTS) is 1. The number of hydrogen-bond acceptors (Lipinski definition) is 3. The van der Waals surface area contributed by atoms with Gasteiger partial charge in [0.05, 0.1) is 0 Å². The number of rotatable bonds is 5. The Hall–Kier alpha value is -3.15. The summed E-state index contributed by atoms with van der Waals surface area (Å²) in [7, 11) is 3.29. The van der Waals surface area contributed by atoms with Gasteiger partial charge < -0.3 is 15.3 Å². The zero-order valence-electron chi connectivity index (χ0n) is 15.2. The molecule has 0 fully saturated rings. The minimum absolute atomic E-state index is 0.171. The Balaban J connectivity index is 2.24. The molecule has 136 valence electrons. The molecule has 26 heavy (non-hydrogen) atoms. The Labute approximate surface area is 152 Å². The number of amides is 2. The van der Waals surface area contributed by atoms with Gasteiger partial charge in [0.25, 0.3) is 11.8 Å². The molecule has 0 saturated heterocycles. The molecular formula is C20H22N2O4. The van der Waals surface area contributed by atoms with E-state index in [1.165, 1.54) is 17.0 Å². The predicted molar refractivity (Wildman–Crippen MR) is 98.2 cm³/mol. The van der Waals surface area contributed by atoms with Crippen molar-refractivity contribution in [1.29, 1.82) is 0 Å². The van der Waals surface area contributed by atoms with Gasteiger partial charge in [-0.1, -0.05) is 18.2 Å². The van der Waals surface area contributed by atoms with Gasteiger partial charge in [-0.2, -0.15) is 0 Å². The van der Waals surface area contributed by atoms with Crippen LogP contribution in [0.1, 0.15) is 43.4 Å². The lowest BCUT2D eigenvalue weighted by Crippen LogP contribution is -2.34. The van der Waals surface area contributed by atoms with E-state index >= 15 is 0 Å².